The minimum absolute atomic E-state index is 0.184. The minimum Gasteiger partial charge on any atom is -0.276 e. The predicted octanol–water partition coefficient (Wildman–Crippen LogP) is 2.71. The van der Waals surface area contributed by atoms with Gasteiger partial charge in [0.1, 0.15) is 4.87 Å². The van der Waals surface area contributed by atoms with Crippen LogP contribution in [-0.4, -0.2) is 15.8 Å². The Morgan fingerprint density at radius 1 is 1.70 bits per heavy atom. The van der Waals surface area contributed by atoms with Gasteiger partial charge in [0.25, 0.3) is 0 Å². The molecule has 1 aliphatic heterocycles. The fourth-order valence-electron chi connectivity index (χ4n) is 1.12. The summed E-state index contributed by atoms with van der Waals surface area (Å²) >= 11 is 1.97. The molecule has 1 heterocycles. The number of thioether (sulfide) groups is 1. The van der Waals surface area contributed by atoms with E-state index in [4.69, 9.17) is 0 Å². The van der Waals surface area contributed by atoms with Gasteiger partial charge in [0.15, 0.2) is 0 Å². The molecular formula is C8H15NS. The Bertz CT molecular complexity index is 165. The zero-order chi connectivity index (χ0) is 7.78. The van der Waals surface area contributed by atoms with Gasteiger partial charge < -0.3 is 0 Å². The second-order valence-electron chi connectivity index (χ2n) is 3.04. The summed E-state index contributed by atoms with van der Waals surface area (Å²) < 4.78 is 0. The van der Waals surface area contributed by atoms with Gasteiger partial charge in [-0.15, -0.1) is 11.8 Å². The molecule has 0 bridgehead atoms. The summed E-state index contributed by atoms with van der Waals surface area (Å²) in [4.78, 5) is 4.78. The summed E-state index contributed by atoms with van der Waals surface area (Å²) in [6.45, 7) is 8.76. The molecule has 10 heavy (non-hydrogen) atoms. The predicted molar refractivity (Wildman–Crippen MR) is 48.9 cm³/mol. The number of hydrogen-bond donors (Lipinski definition) is 0. The zero-order valence-electron chi connectivity index (χ0n) is 7.14. The molecule has 0 radical (unpaired) electrons. The van der Waals surface area contributed by atoms with Gasteiger partial charge in [0, 0.05) is 11.0 Å². The molecule has 0 saturated heterocycles. The largest absolute Gasteiger partial charge is 0.276 e. The highest BCUT2D eigenvalue weighted by Crippen LogP contribution is 2.39. The van der Waals surface area contributed by atoms with Gasteiger partial charge in [-0.2, -0.15) is 0 Å². The SMILES string of the molecule is CC[C@]1(C)N=C(C)[C@@H](C)S1. The summed E-state index contributed by atoms with van der Waals surface area (Å²) in [5.74, 6) is 0. The van der Waals surface area contributed by atoms with Crippen LogP contribution in [0.5, 0.6) is 0 Å². The molecule has 0 aromatic rings. The Morgan fingerprint density at radius 2 is 2.30 bits per heavy atom. The molecule has 58 valence electrons. The van der Waals surface area contributed by atoms with Crippen LogP contribution < -0.4 is 0 Å². The van der Waals surface area contributed by atoms with Crippen molar-refractivity contribution in [2.45, 2.75) is 44.2 Å². The van der Waals surface area contributed by atoms with Gasteiger partial charge >= 0.3 is 0 Å². The molecule has 1 aliphatic rings. The smallest absolute Gasteiger partial charge is 0.103 e. The maximum absolute atomic E-state index is 4.60. The standard InChI is InChI=1S/C8H15NS/c1-5-8(4)9-6(2)7(3)10-8/h7H,5H2,1-4H3/t7-,8-/m1/s1. The second kappa shape index (κ2) is 2.57. The van der Waals surface area contributed by atoms with E-state index < -0.39 is 0 Å². The summed E-state index contributed by atoms with van der Waals surface area (Å²) in [6, 6.07) is 0. The van der Waals surface area contributed by atoms with E-state index in [9.17, 15) is 0 Å². The van der Waals surface area contributed by atoms with E-state index in [0.29, 0.717) is 5.25 Å². The van der Waals surface area contributed by atoms with Crippen LogP contribution in [0.4, 0.5) is 0 Å². The highest BCUT2D eigenvalue weighted by atomic mass is 32.2. The first-order valence-corrected chi connectivity index (χ1v) is 4.69. The Hall–Kier alpha value is 0.0200. The van der Waals surface area contributed by atoms with E-state index in [0.717, 1.165) is 6.42 Å². The van der Waals surface area contributed by atoms with Crippen LogP contribution in [0.3, 0.4) is 0 Å². The Balaban J connectivity index is 2.72. The van der Waals surface area contributed by atoms with Gasteiger partial charge in [-0.05, 0) is 27.2 Å². The lowest BCUT2D eigenvalue weighted by Crippen LogP contribution is -2.11. The van der Waals surface area contributed by atoms with Crippen molar-refractivity contribution in [3.63, 3.8) is 0 Å². The van der Waals surface area contributed by atoms with Crippen LogP contribution in [0, 0.1) is 0 Å². The van der Waals surface area contributed by atoms with Gasteiger partial charge in [-0.25, -0.2) is 0 Å². The van der Waals surface area contributed by atoms with Gasteiger partial charge in [0.2, 0.25) is 0 Å². The molecule has 0 fully saturated rings. The summed E-state index contributed by atoms with van der Waals surface area (Å²) in [5, 5.41) is 0.630. The molecular weight excluding hydrogens is 142 g/mol. The second-order valence-corrected chi connectivity index (χ2v) is 4.86. The highest BCUT2D eigenvalue weighted by molar-refractivity contribution is 8.02. The Morgan fingerprint density at radius 3 is 2.50 bits per heavy atom. The third kappa shape index (κ3) is 1.36. The quantitative estimate of drug-likeness (QED) is 0.570. The molecule has 2 heteroatoms. The molecule has 0 saturated carbocycles. The molecule has 0 amide bonds. The van der Waals surface area contributed by atoms with Crippen molar-refractivity contribution in [3.05, 3.63) is 0 Å². The first-order valence-electron chi connectivity index (χ1n) is 3.81. The monoisotopic (exact) mass is 157 g/mol. The fourth-order valence-corrected chi connectivity index (χ4v) is 2.47. The molecule has 1 rings (SSSR count). The first kappa shape index (κ1) is 8.12. The van der Waals surface area contributed by atoms with Crippen LogP contribution in [0.15, 0.2) is 4.99 Å². The average molecular weight is 157 g/mol. The zero-order valence-corrected chi connectivity index (χ0v) is 7.96. The molecule has 0 spiro atoms. The molecule has 0 N–H and O–H groups in total. The fraction of sp³-hybridized carbons (Fsp3) is 0.875. The van der Waals surface area contributed by atoms with Crippen molar-refractivity contribution in [1.29, 1.82) is 0 Å². The van der Waals surface area contributed by atoms with Crippen LogP contribution in [0.2, 0.25) is 0 Å². The van der Waals surface area contributed by atoms with E-state index in [-0.39, 0.29) is 4.87 Å². The average Bonchev–Trinajstić information content (AvgIpc) is 2.10. The van der Waals surface area contributed by atoms with E-state index in [2.05, 4.69) is 32.7 Å². The minimum atomic E-state index is 0.184. The summed E-state index contributed by atoms with van der Waals surface area (Å²) in [7, 11) is 0. The lowest BCUT2D eigenvalue weighted by Gasteiger charge is -2.17. The number of aliphatic imine (C=N–C) groups is 1. The Kier molecular flexibility index (Phi) is 2.09. The molecule has 0 aliphatic carbocycles. The van der Waals surface area contributed by atoms with Gasteiger partial charge in [-0.3, -0.25) is 4.99 Å². The van der Waals surface area contributed by atoms with Crippen molar-refractivity contribution < 1.29 is 0 Å². The normalized spacial score (nSPS) is 40.0. The summed E-state index contributed by atoms with van der Waals surface area (Å²) in [6.07, 6.45) is 1.14. The van der Waals surface area contributed by atoms with Crippen molar-refractivity contribution in [3.8, 4) is 0 Å². The first-order chi connectivity index (χ1) is 4.57. The van der Waals surface area contributed by atoms with E-state index in [1.165, 1.54) is 5.71 Å². The summed E-state index contributed by atoms with van der Waals surface area (Å²) in [5.41, 5.74) is 1.30. The highest BCUT2D eigenvalue weighted by Gasteiger charge is 2.31. The molecule has 2 atom stereocenters. The third-order valence-electron chi connectivity index (χ3n) is 2.09. The van der Waals surface area contributed by atoms with Crippen LogP contribution in [-0.2, 0) is 0 Å². The lowest BCUT2D eigenvalue weighted by atomic mass is 10.2. The maximum Gasteiger partial charge on any atom is 0.103 e. The molecule has 0 aromatic heterocycles. The molecule has 0 unspecified atom stereocenters. The number of hydrogen-bond acceptors (Lipinski definition) is 2. The van der Waals surface area contributed by atoms with Crippen molar-refractivity contribution in [1.82, 2.24) is 0 Å². The van der Waals surface area contributed by atoms with Gasteiger partial charge in [0.05, 0.1) is 0 Å². The topological polar surface area (TPSA) is 12.4 Å². The van der Waals surface area contributed by atoms with E-state index in [1.807, 2.05) is 11.8 Å². The lowest BCUT2D eigenvalue weighted by molar-refractivity contribution is 0.662. The number of nitrogens with zero attached hydrogens (tertiary/aromatic N) is 1. The maximum atomic E-state index is 4.60. The van der Waals surface area contributed by atoms with Crippen LogP contribution >= 0.6 is 11.8 Å². The molecule has 0 aromatic carbocycles. The van der Waals surface area contributed by atoms with Crippen LogP contribution in [0.1, 0.15) is 34.1 Å². The Labute approximate surface area is 67.3 Å². The van der Waals surface area contributed by atoms with E-state index >= 15 is 0 Å². The molecule has 1 nitrogen and oxygen atoms in total. The van der Waals surface area contributed by atoms with Crippen LogP contribution in [0.25, 0.3) is 0 Å². The third-order valence-corrected chi connectivity index (χ3v) is 3.67. The van der Waals surface area contributed by atoms with Crippen molar-refractivity contribution in [2.75, 3.05) is 0 Å². The van der Waals surface area contributed by atoms with Crippen molar-refractivity contribution >= 4 is 17.5 Å². The van der Waals surface area contributed by atoms with E-state index in [1.54, 1.807) is 0 Å². The number of rotatable bonds is 1. The van der Waals surface area contributed by atoms with Gasteiger partial charge in [-0.1, -0.05) is 6.92 Å². The van der Waals surface area contributed by atoms with Crippen molar-refractivity contribution in [2.24, 2.45) is 4.99 Å².